The molecule has 1 amide bonds. The minimum Gasteiger partial charge on any atom is -0.369 e. The molecule has 114 valence electrons. The third-order valence-electron chi connectivity index (χ3n) is 3.24. The number of ether oxygens (including phenoxy) is 1. The van der Waals surface area contributed by atoms with Gasteiger partial charge in [-0.1, -0.05) is 48.5 Å². The van der Waals surface area contributed by atoms with Crippen LogP contribution >= 0.6 is 0 Å². The Morgan fingerprint density at radius 3 is 2.18 bits per heavy atom. The molecule has 0 aliphatic carbocycles. The molecule has 2 aromatic carbocycles. The van der Waals surface area contributed by atoms with Crippen molar-refractivity contribution in [3.05, 3.63) is 66.2 Å². The predicted molar refractivity (Wildman–Crippen MR) is 85.6 cm³/mol. The van der Waals surface area contributed by atoms with Crippen molar-refractivity contribution in [3.8, 4) is 0 Å². The summed E-state index contributed by atoms with van der Waals surface area (Å²) in [7, 11) is 1.66. The zero-order chi connectivity index (χ0) is 15.8. The topological polar surface area (TPSA) is 46.6 Å². The molecular formula is C18H19NO3. The van der Waals surface area contributed by atoms with Gasteiger partial charge in [-0.3, -0.25) is 9.59 Å². The highest BCUT2D eigenvalue weighted by Crippen LogP contribution is 2.12. The molecule has 2 aromatic rings. The van der Waals surface area contributed by atoms with Crippen LogP contribution < -0.4 is 4.90 Å². The number of nitrogens with zero attached hydrogens (tertiary/aromatic N) is 1. The summed E-state index contributed by atoms with van der Waals surface area (Å²) >= 11 is 0. The fraction of sp³-hybridized carbons (Fsp3) is 0.222. The molecule has 2 rings (SSSR count). The van der Waals surface area contributed by atoms with E-state index < -0.39 is 0 Å². The molecule has 0 spiro atoms. The number of rotatable bonds is 7. The van der Waals surface area contributed by atoms with E-state index >= 15 is 0 Å². The van der Waals surface area contributed by atoms with Gasteiger partial charge in [-0.2, -0.15) is 0 Å². The molecule has 0 N–H and O–H groups in total. The van der Waals surface area contributed by atoms with Crippen molar-refractivity contribution in [1.82, 2.24) is 0 Å². The van der Waals surface area contributed by atoms with Crippen LogP contribution in [-0.2, 0) is 20.9 Å². The van der Waals surface area contributed by atoms with Gasteiger partial charge < -0.3 is 9.64 Å². The fourth-order valence-electron chi connectivity index (χ4n) is 1.99. The predicted octanol–water partition coefficient (Wildman–Crippen LogP) is 2.83. The Morgan fingerprint density at radius 2 is 1.55 bits per heavy atom. The number of carbonyl (C=O) groups excluding carboxylic acids is 2. The van der Waals surface area contributed by atoms with Crippen LogP contribution in [-0.4, -0.2) is 25.3 Å². The zero-order valence-electron chi connectivity index (χ0n) is 12.6. The Kier molecular flexibility index (Phi) is 5.86. The van der Waals surface area contributed by atoms with Crippen LogP contribution in [0.1, 0.15) is 12.0 Å². The van der Waals surface area contributed by atoms with E-state index in [1.54, 1.807) is 7.05 Å². The van der Waals surface area contributed by atoms with Crippen molar-refractivity contribution in [2.75, 3.05) is 18.6 Å². The van der Waals surface area contributed by atoms with Crippen LogP contribution in [0.15, 0.2) is 60.7 Å². The van der Waals surface area contributed by atoms with Gasteiger partial charge in [0, 0.05) is 12.7 Å². The van der Waals surface area contributed by atoms with Crippen molar-refractivity contribution in [2.24, 2.45) is 0 Å². The number of para-hydroxylation sites is 1. The number of anilines is 1. The van der Waals surface area contributed by atoms with Crippen LogP contribution in [0.25, 0.3) is 0 Å². The van der Waals surface area contributed by atoms with Crippen molar-refractivity contribution in [3.63, 3.8) is 0 Å². The van der Waals surface area contributed by atoms with Crippen LogP contribution in [0.4, 0.5) is 5.69 Å². The summed E-state index contributed by atoms with van der Waals surface area (Å²) in [5.74, 6) is -0.455. The van der Waals surface area contributed by atoms with Crippen LogP contribution in [0.5, 0.6) is 0 Å². The summed E-state index contributed by atoms with van der Waals surface area (Å²) in [4.78, 5) is 25.3. The Labute approximate surface area is 130 Å². The van der Waals surface area contributed by atoms with Gasteiger partial charge in [0.2, 0.25) is 5.91 Å². The third kappa shape index (κ3) is 4.82. The van der Waals surface area contributed by atoms with Crippen LogP contribution in [0.2, 0.25) is 0 Å². The van der Waals surface area contributed by atoms with Gasteiger partial charge >= 0.3 is 0 Å². The molecule has 0 radical (unpaired) electrons. The Morgan fingerprint density at radius 1 is 0.955 bits per heavy atom. The Bertz CT molecular complexity index is 611. The first-order chi connectivity index (χ1) is 10.7. The van der Waals surface area contributed by atoms with Crippen molar-refractivity contribution >= 4 is 17.4 Å². The summed E-state index contributed by atoms with van der Waals surface area (Å²) in [6.07, 6.45) is -0.153. The summed E-state index contributed by atoms with van der Waals surface area (Å²) in [6.45, 7) is 0.318. The summed E-state index contributed by atoms with van der Waals surface area (Å²) in [5.41, 5.74) is 1.77. The van der Waals surface area contributed by atoms with Gasteiger partial charge in [0.15, 0.2) is 5.78 Å². The van der Waals surface area contributed by atoms with Crippen LogP contribution in [0, 0.1) is 0 Å². The van der Waals surface area contributed by atoms with Gasteiger partial charge in [0.1, 0.15) is 6.61 Å². The van der Waals surface area contributed by atoms with Gasteiger partial charge in [-0.15, -0.1) is 0 Å². The second-order valence-corrected chi connectivity index (χ2v) is 4.98. The first kappa shape index (κ1) is 15.9. The zero-order valence-corrected chi connectivity index (χ0v) is 12.6. The second-order valence-electron chi connectivity index (χ2n) is 4.98. The minimum absolute atomic E-state index is 0.0523. The van der Waals surface area contributed by atoms with E-state index in [9.17, 15) is 9.59 Å². The van der Waals surface area contributed by atoms with E-state index in [1.807, 2.05) is 60.7 Å². The highest BCUT2D eigenvalue weighted by molar-refractivity contribution is 6.05. The molecule has 0 saturated heterocycles. The fourth-order valence-corrected chi connectivity index (χ4v) is 1.99. The first-order valence-electron chi connectivity index (χ1n) is 7.12. The lowest BCUT2D eigenvalue weighted by molar-refractivity contribution is -0.129. The SMILES string of the molecule is CN(C(=O)CC(=O)COCc1ccccc1)c1ccccc1. The number of amides is 1. The molecular weight excluding hydrogens is 278 g/mol. The average molecular weight is 297 g/mol. The lowest BCUT2D eigenvalue weighted by Crippen LogP contribution is -2.29. The summed E-state index contributed by atoms with van der Waals surface area (Å²) in [6, 6.07) is 18.9. The van der Waals surface area contributed by atoms with Crippen molar-refractivity contribution < 1.29 is 14.3 Å². The van der Waals surface area contributed by atoms with Gasteiger partial charge in [0.25, 0.3) is 0 Å². The van der Waals surface area contributed by atoms with Gasteiger partial charge in [-0.05, 0) is 17.7 Å². The molecule has 4 heteroatoms. The maximum absolute atomic E-state index is 12.0. The number of hydrogen-bond donors (Lipinski definition) is 0. The normalized spacial score (nSPS) is 10.2. The number of hydrogen-bond acceptors (Lipinski definition) is 3. The lowest BCUT2D eigenvalue weighted by Gasteiger charge is -2.16. The van der Waals surface area contributed by atoms with E-state index in [4.69, 9.17) is 4.74 Å². The van der Waals surface area contributed by atoms with Crippen LogP contribution in [0.3, 0.4) is 0 Å². The quantitative estimate of drug-likeness (QED) is 0.738. The maximum Gasteiger partial charge on any atom is 0.234 e. The molecule has 0 fully saturated rings. The van der Waals surface area contributed by atoms with E-state index in [1.165, 1.54) is 4.90 Å². The number of carbonyl (C=O) groups is 2. The van der Waals surface area contributed by atoms with E-state index in [2.05, 4.69) is 0 Å². The van der Waals surface area contributed by atoms with E-state index in [-0.39, 0.29) is 24.7 Å². The lowest BCUT2D eigenvalue weighted by atomic mass is 10.2. The maximum atomic E-state index is 12.0. The first-order valence-corrected chi connectivity index (χ1v) is 7.12. The van der Waals surface area contributed by atoms with E-state index in [0.717, 1.165) is 11.3 Å². The van der Waals surface area contributed by atoms with Gasteiger partial charge in [-0.25, -0.2) is 0 Å². The molecule has 0 aliphatic heterocycles. The summed E-state index contributed by atoms with van der Waals surface area (Å²) < 4.78 is 5.35. The Balaban J connectivity index is 1.76. The van der Waals surface area contributed by atoms with Crippen molar-refractivity contribution in [2.45, 2.75) is 13.0 Å². The largest absolute Gasteiger partial charge is 0.369 e. The number of ketones is 1. The number of Topliss-reactive ketones (excluding diaryl/α,β-unsaturated/α-hetero) is 1. The van der Waals surface area contributed by atoms with E-state index in [0.29, 0.717) is 6.61 Å². The molecule has 0 atom stereocenters. The smallest absolute Gasteiger partial charge is 0.234 e. The molecule has 0 saturated carbocycles. The molecule has 4 nitrogen and oxygen atoms in total. The van der Waals surface area contributed by atoms with Gasteiger partial charge in [0.05, 0.1) is 13.0 Å². The monoisotopic (exact) mass is 297 g/mol. The second kappa shape index (κ2) is 8.10. The molecule has 0 heterocycles. The molecule has 0 aromatic heterocycles. The highest BCUT2D eigenvalue weighted by atomic mass is 16.5. The minimum atomic E-state index is -0.237. The molecule has 0 bridgehead atoms. The molecule has 22 heavy (non-hydrogen) atoms. The number of benzene rings is 2. The summed E-state index contributed by atoms with van der Waals surface area (Å²) in [5, 5.41) is 0. The molecule has 0 unspecified atom stereocenters. The van der Waals surface area contributed by atoms with Crippen molar-refractivity contribution in [1.29, 1.82) is 0 Å². The standard InChI is InChI=1S/C18H19NO3/c1-19(16-10-6-3-7-11-16)18(21)12-17(20)14-22-13-15-8-4-2-5-9-15/h2-11H,12-14H2,1H3. The Hall–Kier alpha value is -2.46. The third-order valence-corrected chi connectivity index (χ3v) is 3.24. The average Bonchev–Trinajstić information content (AvgIpc) is 2.56. The highest BCUT2D eigenvalue weighted by Gasteiger charge is 2.15. The molecule has 0 aliphatic rings.